The molecule has 0 unspecified atom stereocenters. The minimum absolute atomic E-state index is 0.0561. The zero-order chi connectivity index (χ0) is 23.4. The van der Waals surface area contributed by atoms with E-state index in [9.17, 15) is 4.79 Å². The fourth-order valence-electron chi connectivity index (χ4n) is 4.34. The quantitative estimate of drug-likeness (QED) is 0.421. The van der Waals surface area contributed by atoms with Crippen LogP contribution < -0.4 is 10.5 Å². The maximum absolute atomic E-state index is 13.4. The number of likely N-dealkylation sites (tertiary alicyclic amines) is 1. The van der Waals surface area contributed by atoms with Crippen LogP contribution >= 0.6 is 0 Å². The molecule has 1 aromatic heterocycles. The number of nitrogens with two attached hydrogens (primary N) is 1. The highest BCUT2D eigenvalue weighted by molar-refractivity contribution is 5.97. The maximum Gasteiger partial charge on any atom is 0.335 e. The van der Waals surface area contributed by atoms with Gasteiger partial charge in [-0.2, -0.15) is 4.98 Å². The summed E-state index contributed by atoms with van der Waals surface area (Å²) in [5, 5.41) is 7.04. The number of nitrogens with zero attached hydrogens (tertiary/aromatic N) is 3. The molecule has 1 amide bonds. The molecule has 0 bridgehead atoms. The Morgan fingerprint density at radius 2 is 1.85 bits per heavy atom. The lowest BCUT2D eigenvalue weighted by atomic mass is 9.89. The molecule has 8 heteroatoms. The largest absolute Gasteiger partial charge is 0.460 e. The van der Waals surface area contributed by atoms with Gasteiger partial charge in [-0.15, -0.1) is 5.10 Å². The first kappa shape index (κ1) is 22.8. The van der Waals surface area contributed by atoms with E-state index in [1.54, 1.807) is 7.11 Å². The molecule has 4 rings (SSSR count). The summed E-state index contributed by atoms with van der Waals surface area (Å²) in [6, 6.07) is 12.3. The third-order valence-corrected chi connectivity index (χ3v) is 6.23. The summed E-state index contributed by atoms with van der Waals surface area (Å²) in [6.07, 6.45) is 1.88. The first-order valence-corrected chi connectivity index (χ1v) is 11.3. The van der Waals surface area contributed by atoms with Crippen molar-refractivity contribution in [3.63, 3.8) is 0 Å². The van der Waals surface area contributed by atoms with Gasteiger partial charge in [0.1, 0.15) is 6.61 Å². The van der Waals surface area contributed by atoms with Crippen LogP contribution in [-0.2, 0) is 4.74 Å². The Morgan fingerprint density at radius 3 is 2.55 bits per heavy atom. The predicted molar refractivity (Wildman–Crippen MR) is 127 cm³/mol. The van der Waals surface area contributed by atoms with Crippen molar-refractivity contribution in [1.82, 2.24) is 20.1 Å². The highest BCUT2D eigenvalue weighted by Gasteiger charge is 2.26. The molecule has 1 aliphatic rings. The van der Waals surface area contributed by atoms with Crippen LogP contribution in [0.1, 0.15) is 45.8 Å². The van der Waals surface area contributed by atoms with Crippen molar-refractivity contribution in [2.75, 3.05) is 39.1 Å². The highest BCUT2D eigenvalue weighted by Crippen LogP contribution is 2.31. The van der Waals surface area contributed by atoms with Gasteiger partial charge in [0.2, 0.25) is 0 Å². The number of aromatic amines is 1. The average molecular weight is 450 g/mol. The lowest BCUT2D eigenvalue weighted by molar-refractivity contribution is 0.0712. The summed E-state index contributed by atoms with van der Waals surface area (Å²) < 4.78 is 10.5. The zero-order valence-corrected chi connectivity index (χ0v) is 19.4. The fraction of sp³-hybridized carbons (Fsp3) is 0.400. The first-order valence-electron chi connectivity index (χ1n) is 11.3. The zero-order valence-electron chi connectivity index (χ0n) is 19.4. The number of methoxy groups -OCH3 is 1. The molecule has 2 aromatic carbocycles. The van der Waals surface area contributed by atoms with E-state index in [-0.39, 0.29) is 11.9 Å². The number of H-pyrrole nitrogens is 1. The van der Waals surface area contributed by atoms with E-state index in [0.29, 0.717) is 30.5 Å². The van der Waals surface area contributed by atoms with Crippen LogP contribution in [-0.4, -0.2) is 59.4 Å². The second kappa shape index (κ2) is 10.0. The number of carbonyl (C=O) groups is 1. The molecule has 174 valence electrons. The molecule has 8 nitrogen and oxygen atoms in total. The van der Waals surface area contributed by atoms with Crippen molar-refractivity contribution in [2.24, 2.45) is 0 Å². The Kier molecular flexibility index (Phi) is 6.93. The molecule has 1 aliphatic heterocycles. The smallest absolute Gasteiger partial charge is 0.335 e. The summed E-state index contributed by atoms with van der Waals surface area (Å²) in [4.78, 5) is 19.8. The summed E-state index contributed by atoms with van der Waals surface area (Å²) in [5.41, 5.74) is 11.4. The molecular weight excluding hydrogens is 418 g/mol. The lowest BCUT2D eigenvalue weighted by Crippen LogP contribution is -2.38. The number of nitrogens with one attached hydrogen (secondary N) is 1. The Morgan fingerprint density at radius 1 is 1.12 bits per heavy atom. The Balaban J connectivity index is 1.47. The molecule has 0 atom stereocenters. The minimum atomic E-state index is 0.0561. The predicted octanol–water partition coefficient (Wildman–Crippen LogP) is 3.72. The second-order valence-electron chi connectivity index (χ2n) is 8.52. The monoisotopic (exact) mass is 449 g/mol. The van der Waals surface area contributed by atoms with E-state index in [0.717, 1.165) is 48.3 Å². The van der Waals surface area contributed by atoms with Gasteiger partial charge in [-0.3, -0.25) is 9.89 Å². The van der Waals surface area contributed by atoms with E-state index in [1.165, 1.54) is 5.56 Å². The number of carbonyl (C=O) groups excluding carboxylic acids is 1. The average Bonchev–Trinajstić information content (AvgIpc) is 3.28. The standard InChI is InChI=1S/C25H31N5O3/c1-16-14-17(2)22(15-21(16)23-27-25(29-28-23)33-13-12-32-3)24(31)30-10-8-19(9-11-30)18-4-6-20(26)7-5-18/h4-7,14-15,19H,8-13,26H2,1-3H3,(H,27,28,29). The van der Waals surface area contributed by atoms with Crippen molar-refractivity contribution >= 4 is 11.6 Å². The van der Waals surface area contributed by atoms with E-state index in [2.05, 4.69) is 27.3 Å². The first-order chi connectivity index (χ1) is 16.0. The topological polar surface area (TPSA) is 106 Å². The number of aromatic nitrogens is 3. The number of rotatable bonds is 7. The maximum atomic E-state index is 13.4. The number of hydrogen-bond acceptors (Lipinski definition) is 6. The van der Waals surface area contributed by atoms with Gasteiger partial charge < -0.3 is 20.1 Å². The molecule has 0 radical (unpaired) electrons. The molecule has 1 saturated heterocycles. The second-order valence-corrected chi connectivity index (χ2v) is 8.52. The molecule has 1 fully saturated rings. The molecular formula is C25H31N5O3. The summed E-state index contributed by atoms with van der Waals surface area (Å²) in [5.74, 6) is 1.09. The Bertz CT molecular complexity index is 1100. The van der Waals surface area contributed by atoms with Crippen LogP contribution in [0, 0.1) is 13.8 Å². The number of ether oxygens (including phenoxy) is 2. The van der Waals surface area contributed by atoms with Crippen molar-refractivity contribution in [3.8, 4) is 17.4 Å². The number of anilines is 1. The van der Waals surface area contributed by atoms with Crippen LogP contribution in [0.25, 0.3) is 11.4 Å². The van der Waals surface area contributed by atoms with Gasteiger partial charge in [-0.1, -0.05) is 18.2 Å². The fourth-order valence-corrected chi connectivity index (χ4v) is 4.34. The highest BCUT2D eigenvalue weighted by atomic mass is 16.5. The molecule has 0 saturated carbocycles. The number of aryl methyl sites for hydroxylation is 2. The summed E-state index contributed by atoms with van der Waals surface area (Å²) in [6.45, 7) is 6.28. The van der Waals surface area contributed by atoms with Gasteiger partial charge in [0.25, 0.3) is 5.91 Å². The van der Waals surface area contributed by atoms with Gasteiger partial charge in [-0.25, -0.2) is 0 Å². The molecule has 0 aliphatic carbocycles. The summed E-state index contributed by atoms with van der Waals surface area (Å²) in [7, 11) is 1.61. The van der Waals surface area contributed by atoms with E-state index < -0.39 is 0 Å². The minimum Gasteiger partial charge on any atom is -0.460 e. The van der Waals surface area contributed by atoms with Crippen LogP contribution in [0.4, 0.5) is 5.69 Å². The third kappa shape index (κ3) is 5.17. The van der Waals surface area contributed by atoms with Crippen molar-refractivity contribution in [1.29, 1.82) is 0 Å². The molecule has 3 aromatic rings. The summed E-state index contributed by atoms with van der Waals surface area (Å²) >= 11 is 0. The van der Waals surface area contributed by atoms with Crippen molar-refractivity contribution < 1.29 is 14.3 Å². The molecule has 3 N–H and O–H groups in total. The third-order valence-electron chi connectivity index (χ3n) is 6.23. The van der Waals surface area contributed by atoms with Crippen LogP contribution in [0.3, 0.4) is 0 Å². The number of piperidine rings is 1. The Hall–Kier alpha value is -3.39. The van der Waals surface area contributed by atoms with Crippen LogP contribution in [0.5, 0.6) is 6.01 Å². The van der Waals surface area contributed by atoms with Crippen molar-refractivity contribution in [3.05, 3.63) is 58.7 Å². The van der Waals surface area contributed by atoms with Crippen LogP contribution in [0.2, 0.25) is 0 Å². The molecule has 33 heavy (non-hydrogen) atoms. The SMILES string of the molecule is COCCOc1n[nH]c(-c2cc(C(=O)N3CCC(c4ccc(N)cc4)CC3)c(C)cc2C)n1. The van der Waals surface area contributed by atoms with Gasteiger partial charge in [0, 0.05) is 37.0 Å². The van der Waals surface area contributed by atoms with Gasteiger partial charge >= 0.3 is 6.01 Å². The van der Waals surface area contributed by atoms with Gasteiger partial charge in [0.15, 0.2) is 5.82 Å². The molecule has 2 heterocycles. The van der Waals surface area contributed by atoms with Crippen molar-refractivity contribution in [2.45, 2.75) is 32.6 Å². The number of nitrogen functional groups attached to an aromatic ring is 1. The van der Waals surface area contributed by atoms with Gasteiger partial charge in [-0.05, 0) is 67.5 Å². The number of amides is 1. The normalized spacial score (nSPS) is 14.5. The van der Waals surface area contributed by atoms with E-state index in [1.807, 2.05) is 43.0 Å². The number of hydrogen-bond donors (Lipinski definition) is 2. The van der Waals surface area contributed by atoms with E-state index >= 15 is 0 Å². The van der Waals surface area contributed by atoms with E-state index in [4.69, 9.17) is 15.2 Å². The lowest BCUT2D eigenvalue weighted by Gasteiger charge is -2.32. The van der Waals surface area contributed by atoms with Gasteiger partial charge in [0.05, 0.1) is 6.61 Å². The Labute approximate surface area is 194 Å². The molecule has 0 spiro atoms. The van der Waals surface area contributed by atoms with Crippen LogP contribution in [0.15, 0.2) is 36.4 Å². The number of benzene rings is 2.